The van der Waals surface area contributed by atoms with E-state index in [-0.39, 0.29) is 12.8 Å². The summed E-state index contributed by atoms with van der Waals surface area (Å²) in [6, 6.07) is 14.5. The first kappa shape index (κ1) is 16.7. The van der Waals surface area contributed by atoms with E-state index in [1.807, 2.05) is 38.1 Å². The molecule has 0 bridgehead atoms. The fourth-order valence-corrected chi connectivity index (χ4v) is 2.78. The Hall–Kier alpha value is -2.62. The summed E-state index contributed by atoms with van der Waals surface area (Å²) in [6.45, 7) is 3.85. The monoisotopic (exact) mass is 312 g/mol. The number of benzene rings is 2. The summed E-state index contributed by atoms with van der Waals surface area (Å²) in [7, 11) is 0. The quantitative estimate of drug-likeness (QED) is 0.855. The molecule has 0 spiro atoms. The first-order valence-corrected chi connectivity index (χ1v) is 7.46. The first-order valence-electron chi connectivity index (χ1n) is 7.46. The van der Waals surface area contributed by atoms with Gasteiger partial charge in [-0.05, 0) is 31.4 Å². The van der Waals surface area contributed by atoms with Crippen molar-refractivity contribution in [3.8, 4) is 0 Å². The molecular formula is C19H20O4. The minimum Gasteiger partial charge on any atom is -0.481 e. The van der Waals surface area contributed by atoms with Crippen LogP contribution in [0.5, 0.6) is 0 Å². The number of carboxylic acid groups (broad SMARTS) is 2. The van der Waals surface area contributed by atoms with E-state index in [1.54, 1.807) is 24.3 Å². The highest BCUT2D eigenvalue weighted by Crippen LogP contribution is 2.37. The molecule has 4 heteroatoms. The third-order valence-corrected chi connectivity index (χ3v) is 4.17. The van der Waals surface area contributed by atoms with Gasteiger partial charge in [-0.1, -0.05) is 59.7 Å². The number of carboxylic acids is 2. The van der Waals surface area contributed by atoms with Crippen LogP contribution < -0.4 is 0 Å². The fourth-order valence-electron chi connectivity index (χ4n) is 2.78. The predicted octanol–water partition coefficient (Wildman–Crippen LogP) is 3.54. The highest BCUT2D eigenvalue weighted by molar-refractivity contribution is 5.87. The van der Waals surface area contributed by atoms with Crippen LogP contribution in [0.3, 0.4) is 0 Å². The van der Waals surface area contributed by atoms with Gasteiger partial charge >= 0.3 is 11.9 Å². The molecule has 2 aromatic rings. The number of hydrogen-bond donors (Lipinski definition) is 2. The molecule has 0 unspecified atom stereocenters. The van der Waals surface area contributed by atoms with Crippen LogP contribution in [-0.4, -0.2) is 22.2 Å². The molecule has 0 saturated heterocycles. The molecule has 0 saturated carbocycles. The Morgan fingerprint density at radius 3 is 1.52 bits per heavy atom. The second kappa shape index (κ2) is 6.65. The van der Waals surface area contributed by atoms with Crippen molar-refractivity contribution >= 4 is 11.9 Å². The number of aliphatic carboxylic acids is 2. The molecule has 0 atom stereocenters. The van der Waals surface area contributed by atoms with E-state index in [1.165, 1.54) is 0 Å². The zero-order valence-electron chi connectivity index (χ0n) is 13.2. The maximum atomic E-state index is 12.2. The van der Waals surface area contributed by atoms with Crippen LogP contribution in [0.1, 0.15) is 35.1 Å². The largest absolute Gasteiger partial charge is 0.481 e. The van der Waals surface area contributed by atoms with Crippen LogP contribution in [-0.2, 0) is 15.0 Å². The molecule has 120 valence electrons. The molecule has 23 heavy (non-hydrogen) atoms. The Bertz CT molecular complexity index is 654. The van der Waals surface area contributed by atoms with Crippen molar-refractivity contribution in [3.05, 3.63) is 70.8 Å². The summed E-state index contributed by atoms with van der Waals surface area (Å²) in [6.07, 6.45) is -0.210. The highest BCUT2D eigenvalue weighted by atomic mass is 16.4. The summed E-state index contributed by atoms with van der Waals surface area (Å²) in [4.78, 5) is 23.3. The van der Waals surface area contributed by atoms with Gasteiger partial charge in [0.25, 0.3) is 0 Å². The summed E-state index contributed by atoms with van der Waals surface area (Å²) >= 11 is 0. The van der Waals surface area contributed by atoms with E-state index in [0.717, 1.165) is 11.1 Å². The number of aryl methyl sites for hydroxylation is 2. The molecule has 4 nitrogen and oxygen atoms in total. The normalized spacial score (nSPS) is 11.2. The zero-order chi connectivity index (χ0) is 17.0. The number of rotatable bonds is 6. The van der Waals surface area contributed by atoms with Gasteiger partial charge in [0.15, 0.2) is 0 Å². The SMILES string of the molecule is Cc1ccc(C(CCC(=O)O)(C(=O)O)c2ccc(C)cc2)cc1. The summed E-state index contributed by atoms with van der Waals surface area (Å²) in [5.41, 5.74) is 1.88. The molecule has 0 aliphatic carbocycles. The second-order valence-electron chi connectivity index (χ2n) is 5.84. The van der Waals surface area contributed by atoms with Crippen LogP contribution in [0.25, 0.3) is 0 Å². The van der Waals surface area contributed by atoms with E-state index in [9.17, 15) is 14.7 Å². The van der Waals surface area contributed by atoms with E-state index >= 15 is 0 Å². The van der Waals surface area contributed by atoms with Gasteiger partial charge in [-0.3, -0.25) is 9.59 Å². The average Bonchev–Trinajstić information content (AvgIpc) is 2.50. The molecule has 0 aromatic heterocycles. The van der Waals surface area contributed by atoms with Crippen molar-refractivity contribution < 1.29 is 19.8 Å². The van der Waals surface area contributed by atoms with Gasteiger partial charge in [0.1, 0.15) is 5.41 Å². The lowest BCUT2D eigenvalue weighted by molar-refractivity contribution is -0.143. The Morgan fingerprint density at radius 1 is 0.826 bits per heavy atom. The minimum atomic E-state index is -1.36. The van der Waals surface area contributed by atoms with Crippen LogP contribution in [0.4, 0.5) is 0 Å². The van der Waals surface area contributed by atoms with Crippen molar-refractivity contribution in [3.63, 3.8) is 0 Å². The Labute approximate surface area is 135 Å². The smallest absolute Gasteiger partial charge is 0.318 e. The molecule has 2 aromatic carbocycles. The van der Waals surface area contributed by atoms with E-state index in [2.05, 4.69) is 0 Å². The third-order valence-electron chi connectivity index (χ3n) is 4.17. The zero-order valence-corrected chi connectivity index (χ0v) is 13.2. The van der Waals surface area contributed by atoms with Crippen molar-refractivity contribution in [2.45, 2.75) is 32.1 Å². The lowest BCUT2D eigenvalue weighted by Gasteiger charge is -2.30. The third kappa shape index (κ3) is 3.42. The van der Waals surface area contributed by atoms with Gasteiger partial charge in [-0.25, -0.2) is 0 Å². The Morgan fingerprint density at radius 2 is 1.22 bits per heavy atom. The van der Waals surface area contributed by atoms with E-state index in [0.29, 0.717) is 11.1 Å². The topological polar surface area (TPSA) is 74.6 Å². The second-order valence-corrected chi connectivity index (χ2v) is 5.84. The van der Waals surface area contributed by atoms with Crippen molar-refractivity contribution in [1.29, 1.82) is 0 Å². The summed E-state index contributed by atoms with van der Waals surface area (Å²) in [5.74, 6) is -2.04. The highest BCUT2D eigenvalue weighted by Gasteiger charge is 2.42. The molecule has 0 heterocycles. The van der Waals surface area contributed by atoms with Gasteiger partial charge in [0, 0.05) is 6.42 Å². The van der Waals surface area contributed by atoms with Gasteiger partial charge in [-0.2, -0.15) is 0 Å². The molecule has 0 amide bonds. The van der Waals surface area contributed by atoms with Gasteiger partial charge < -0.3 is 10.2 Å². The van der Waals surface area contributed by atoms with Gasteiger partial charge in [-0.15, -0.1) is 0 Å². The number of hydrogen-bond acceptors (Lipinski definition) is 2. The number of carbonyl (C=O) groups is 2. The molecular weight excluding hydrogens is 292 g/mol. The van der Waals surface area contributed by atoms with Crippen LogP contribution in [0.15, 0.2) is 48.5 Å². The Balaban J connectivity index is 2.63. The lowest BCUT2D eigenvalue weighted by Crippen LogP contribution is -2.37. The molecule has 2 N–H and O–H groups in total. The molecule has 0 aliphatic heterocycles. The molecule has 0 aliphatic rings. The first-order chi connectivity index (χ1) is 10.9. The standard InChI is InChI=1S/C19H20O4/c1-13-3-7-15(8-4-13)19(18(22)23,12-11-17(20)21)16-9-5-14(2)6-10-16/h3-10H,11-12H2,1-2H3,(H,20,21)(H,22,23). The average molecular weight is 312 g/mol. The summed E-state index contributed by atoms with van der Waals surface area (Å²) < 4.78 is 0. The van der Waals surface area contributed by atoms with E-state index < -0.39 is 17.4 Å². The van der Waals surface area contributed by atoms with Crippen molar-refractivity contribution in [2.24, 2.45) is 0 Å². The maximum absolute atomic E-state index is 12.2. The fraction of sp³-hybridized carbons (Fsp3) is 0.263. The van der Waals surface area contributed by atoms with Crippen molar-refractivity contribution in [1.82, 2.24) is 0 Å². The summed E-state index contributed by atoms with van der Waals surface area (Å²) in [5, 5.41) is 19.0. The van der Waals surface area contributed by atoms with E-state index in [4.69, 9.17) is 5.11 Å². The van der Waals surface area contributed by atoms with Crippen LogP contribution in [0.2, 0.25) is 0 Å². The Kier molecular flexibility index (Phi) is 4.84. The minimum absolute atomic E-state index is 0.00376. The lowest BCUT2D eigenvalue weighted by atomic mass is 9.71. The molecule has 0 fully saturated rings. The van der Waals surface area contributed by atoms with Crippen molar-refractivity contribution in [2.75, 3.05) is 0 Å². The maximum Gasteiger partial charge on any atom is 0.318 e. The van der Waals surface area contributed by atoms with Gasteiger partial charge in [0.05, 0.1) is 0 Å². The molecule has 0 radical (unpaired) electrons. The predicted molar refractivity (Wildman–Crippen MR) is 87.6 cm³/mol. The van der Waals surface area contributed by atoms with Gasteiger partial charge in [0.2, 0.25) is 0 Å². The van der Waals surface area contributed by atoms with Crippen LogP contribution in [0, 0.1) is 13.8 Å². The molecule has 2 rings (SSSR count). The van der Waals surface area contributed by atoms with Crippen LogP contribution >= 0.6 is 0 Å².